The predicted octanol–water partition coefficient (Wildman–Crippen LogP) is 1.66. The first-order chi connectivity index (χ1) is 6.18. The second-order valence-corrected chi connectivity index (χ2v) is 4.97. The molecule has 0 bridgehead atoms. The van der Waals surface area contributed by atoms with Gasteiger partial charge in [0.25, 0.3) is 0 Å². The fourth-order valence-electron chi connectivity index (χ4n) is 2.49. The van der Waals surface area contributed by atoms with Gasteiger partial charge in [-0.25, -0.2) is 0 Å². The van der Waals surface area contributed by atoms with Crippen LogP contribution in [0.15, 0.2) is 0 Å². The summed E-state index contributed by atoms with van der Waals surface area (Å²) in [6.45, 7) is 4.23. The van der Waals surface area contributed by atoms with Crippen LogP contribution in [0.5, 0.6) is 0 Å². The minimum atomic E-state index is 0.443. The monoisotopic (exact) mass is 198 g/mol. The van der Waals surface area contributed by atoms with Gasteiger partial charge >= 0.3 is 0 Å². The van der Waals surface area contributed by atoms with E-state index in [1.54, 1.807) is 0 Å². The minimum Gasteiger partial charge on any atom is -0.361 e. The van der Waals surface area contributed by atoms with Crippen molar-refractivity contribution < 1.29 is 0 Å². The second kappa shape index (κ2) is 3.45. The molecule has 0 amide bonds. The molecule has 2 aliphatic rings. The highest BCUT2D eigenvalue weighted by Crippen LogP contribution is 2.51. The third kappa shape index (κ3) is 1.96. The number of hydrogen-bond donors (Lipinski definition) is 2. The summed E-state index contributed by atoms with van der Waals surface area (Å²) in [6, 6.07) is 1.14. The van der Waals surface area contributed by atoms with Crippen molar-refractivity contribution in [2.24, 2.45) is 11.8 Å². The van der Waals surface area contributed by atoms with Crippen molar-refractivity contribution >= 4 is 17.3 Å². The van der Waals surface area contributed by atoms with E-state index in [1.807, 2.05) is 0 Å². The highest BCUT2D eigenvalue weighted by molar-refractivity contribution is 7.80. The van der Waals surface area contributed by atoms with Gasteiger partial charge < -0.3 is 10.6 Å². The average Bonchev–Trinajstić information content (AvgIpc) is 2.51. The van der Waals surface area contributed by atoms with E-state index in [2.05, 4.69) is 24.5 Å². The molecule has 2 rings (SSSR count). The van der Waals surface area contributed by atoms with Crippen LogP contribution in [-0.2, 0) is 0 Å². The van der Waals surface area contributed by atoms with E-state index in [4.69, 9.17) is 12.2 Å². The van der Waals surface area contributed by atoms with Crippen molar-refractivity contribution in [2.45, 2.75) is 45.2 Å². The molecular formula is C10H18N2S. The van der Waals surface area contributed by atoms with Crippen LogP contribution in [0.4, 0.5) is 0 Å². The van der Waals surface area contributed by atoms with Crippen LogP contribution in [0, 0.1) is 11.8 Å². The lowest BCUT2D eigenvalue weighted by molar-refractivity contribution is 0.622. The van der Waals surface area contributed by atoms with Crippen LogP contribution in [0.2, 0.25) is 0 Å². The van der Waals surface area contributed by atoms with Gasteiger partial charge in [0.2, 0.25) is 0 Å². The summed E-state index contributed by atoms with van der Waals surface area (Å²) < 4.78 is 0. The van der Waals surface area contributed by atoms with Crippen molar-refractivity contribution in [1.82, 2.24) is 10.6 Å². The molecule has 2 N–H and O–H groups in total. The zero-order chi connectivity index (χ0) is 9.42. The number of fused-ring (bicyclic) bond motifs is 1. The lowest BCUT2D eigenvalue weighted by atomic mass is 10.2. The van der Waals surface area contributed by atoms with E-state index in [0.29, 0.717) is 12.1 Å². The lowest BCUT2D eigenvalue weighted by Gasteiger charge is -2.14. The lowest BCUT2D eigenvalue weighted by Crippen LogP contribution is -2.41. The van der Waals surface area contributed by atoms with Crippen LogP contribution >= 0.6 is 12.2 Å². The Morgan fingerprint density at radius 2 is 1.92 bits per heavy atom. The Morgan fingerprint density at radius 3 is 2.46 bits per heavy atom. The average molecular weight is 198 g/mol. The molecule has 0 aromatic rings. The maximum absolute atomic E-state index is 5.20. The van der Waals surface area contributed by atoms with Gasteiger partial charge in [0, 0.05) is 12.1 Å². The molecule has 0 spiro atoms. The maximum atomic E-state index is 5.20. The number of thiocarbonyl (C=S) groups is 1. The molecule has 13 heavy (non-hydrogen) atoms. The van der Waals surface area contributed by atoms with Crippen molar-refractivity contribution in [1.29, 1.82) is 0 Å². The van der Waals surface area contributed by atoms with Gasteiger partial charge in [-0.3, -0.25) is 0 Å². The largest absolute Gasteiger partial charge is 0.361 e. The summed E-state index contributed by atoms with van der Waals surface area (Å²) >= 11 is 5.20. The molecule has 2 atom stereocenters. The van der Waals surface area contributed by atoms with Gasteiger partial charge in [0.15, 0.2) is 5.11 Å². The molecule has 0 aromatic carbocycles. The predicted molar refractivity (Wildman–Crippen MR) is 58.6 cm³/mol. The maximum Gasteiger partial charge on any atom is 0.166 e. The molecule has 0 aromatic heterocycles. The van der Waals surface area contributed by atoms with Crippen LogP contribution in [0.3, 0.4) is 0 Å². The van der Waals surface area contributed by atoms with Crippen LogP contribution in [0.1, 0.15) is 33.1 Å². The number of nitrogens with one attached hydrogen (secondary N) is 2. The number of hydrogen-bond acceptors (Lipinski definition) is 1. The Balaban J connectivity index is 1.71. The van der Waals surface area contributed by atoms with Crippen LogP contribution in [-0.4, -0.2) is 17.2 Å². The Labute approximate surface area is 85.5 Å². The second-order valence-electron chi connectivity index (χ2n) is 4.56. The van der Waals surface area contributed by atoms with Crippen molar-refractivity contribution in [2.75, 3.05) is 0 Å². The summed E-state index contributed by atoms with van der Waals surface area (Å²) in [6.07, 6.45) is 4.25. The van der Waals surface area contributed by atoms with Gasteiger partial charge in [0.1, 0.15) is 0 Å². The summed E-state index contributed by atoms with van der Waals surface area (Å²) in [5, 5.41) is 7.47. The fourth-order valence-corrected chi connectivity index (χ4v) is 2.86. The summed E-state index contributed by atoms with van der Waals surface area (Å²) in [7, 11) is 0. The highest BCUT2D eigenvalue weighted by atomic mass is 32.1. The summed E-state index contributed by atoms with van der Waals surface area (Å²) in [4.78, 5) is 0. The summed E-state index contributed by atoms with van der Waals surface area (Å²) in [5.41, 5.74) is 0. The minimum absolute atomic E-state index is 0.443. The SMILES string of the molecule is CC(C)NC(=S)NC1C2CCCC21. The first-order valence-corrected chi connectivity index (χ1v) is 5.66. The molecule has 2 unspecified atom stereocenters. The van der Waals surface area contributed by atoms with E-state index in [-0.39, 0.29) is 0 Å². The third-order valence-corrected chi connectivity index (χ3v) is 3.36. The third-order valence-electron chi connectivity index (χ3n) is 3.12. The van der Waals surface area contributed by atoms with E-state index >= 15 is 0 Å². The van der Waals surface area contributed by atoms with E-state index in [0.717, 1.165) is 16.9 Å². The van der Waals surface area contributed by atoms with Gasteiger partial charge in [-0.15, -0.1) is 0 Å². The van der Waals surface area contributed by atoms with Crippen LogP contribution in [0.25, 0.3) is 0 Å². The first-order valence-electron chi connectivity index (χ1n) is 5.25. The Kier molecular flexibility index (Phi) is 2.45. The van der Waals surface area contributed by atoms with Gasteiger partial charge in [0.05, 0.1) is 0 Å². The smallest absolute Gasteiger partial charge is 0.166 e. The van der Waals surface area contributed by atoms with E-state index in [9.17, 15) is 0 Å². The molecule has 0 aliphatic heterocycles. The fraction of sp³-hybridized carbons (Fsp3) is 0.900. The molecule has 0 heterocycles. The molecule has 3 heteroatoms. The molecule has 0 radical (unpaired) electrons. The molecule has 2 nitrogen and oxygen atoms in total. The molecule has 0 saturated heterocycles. The molecule has 74 valence electrons. The highest BCUT2D eigenvalue weighted by Gasteiger charge is 2.52. The zero-order valence-electron chi connectivity index (χ0n) is 8.34. The normalized spacial score (nSPS) is 35.8. The molecule has 2 saturated carbocycles. The Morgan fingerprint density at radius 1 is 1.31 bits per heavy atom. The van der Waals surface area contributed by atoms with Crippen molar-refractivity contribution in [3.05, 3.63) is 0 Å². The molecule has 2 aliphatic carbocycles. The summed E-state index contributed by atoms with van der Waals surface area (Å²) in [5.74, 6) is 1.87. The van der Waals surface area contributed by atoms with E-state index in [1.165, 1.54) is 19.3 Å². The van der Waals surface area contributed by atoms with Crippen molar-refractivity contribution in [3.63, 3.8) is 0 Å². The Bertz CT molecular complexity index is 205. The quantitative estimate of drug-likeness (QED) is 0.660. The van der Waals surface area contributed by atoms with E-state index < -0.39 is 0 Å². The van der Waals surface area contributed by atoms with Gasteiger partial charge in [-0.05, 0) is 50.7 Å². The van der Waals surface area contributed by atoms with Crippen LogP contribution < -0.4 is 10.6 Å². The van der Waals surface area contributed by atoms with Crippen molar-refractivity contribution in [3.8, 4) is 0 Å². The Hall–Kier alpha value is -0.310. The first kappa shape index (κ1) is 9.25. The standard InChI is InChI=1S/C10H18N2S/c1-6(2)11-10(13)12-9-7-4-3-5-8(7)9/h6-9H,3-5H2,1-2H3,(H2,11,12,13). The topological polar surface area (TPSA) is 24.1 Å². The zero-order valence-corrected chi connectivity index (χ0v) is 9.16. The van der Waals surface area contributed by atoms with Gasteiger partial charge in [-0.2, -0.15) is 0 Å². The number of rotatable bonds is 2. The van der Waals surface area contributed by atoms with Gasteiger partial charge in [-0.1, -0.05) is 6.42 Å². The molecule has 2 fully saturated rings. The molecular weight excluding hydrogens is 180 g/mol.